The van der Waals surface area contributed by atoms with Crippen molar-refractivity contribution in [2.75, 3.05) is 44.4 Å². The average Bonchev–Trinajstić information content (AvgIpc) is 3.63. The van der Waals surface area contributed by atoms with Crippen LogP contribution >= 0.6 is 0 Å². The molecule has 13 nitrogen and oxygen atoms in total. The molecule has 0 aliphatic carbocycles. The third kappa shape index (κ3) is 4.40. The molecule has 1 amide bonds. The number of carbonyl (C=O) groups is 1. The quantitative estimate of drug-likeness (QED) is 0.519. The van der Waals surface area contributed by atoms with Gasteiger partial charge in [0.1, 0.15) is 30.3 Å². The maximum atomic E-state index is 12.5. The molecule has 1 N–H and O–H groups in total. The van der Waals surface area contributed by atoms with Gasteiger partial charge in [-0.25, -0.2) is 9.97 Å². The Morgan fingerprint density at radius 1 is 1.09 bits per heavy atom. The van der Waals surface area contributed by atoms with Gasteiger partial charge in [0.2, 0.25) is 0 Å². The van der Waals surface area contributed by atoms with E-state index in [1.54, 1.807) is 4.68 Å². The van der Waals surface area contributed by atoms with E-state index in [2.05, 4.69) is 35.7 Å². The molecular weight excluding hydrogens is 456 g/mol. The lowest BCUT2D eigenvalue weighted by atomic mass is 10.1. The van der Waals surface area contributed by atoms with Crippen LogP contribution in [0.2, 0.25) is 0 Å². The van der Waals surface area contributed by atoms with Crippen LogP contribution in [0, 0.1) is 0 Å². The van der Waals surface area contributed by atoms with Crippen molar-refractivity contribution >= 4 is 11.6 Å². The Bertz CT molecular complexity index is 1170. The number of hydrogen-bond acceptors (Lipinski definition) is 11. The van der Waals surface area contributed by atoms with Crippen molar-refractivity contribution < 1.29 is 23.7 Å². The maximum Gasteiger partial charge on any atom is 0.341 e. The molecule has 6 rings (SSSR count). The monoisotopic (exact) mass is 480 g/mol. The molecule has 35 heavy (non-hydrogen) atoms. The number of benzene rings is 1. The van der Waals surface area contributed by atoms with E-state index in [-0.39, 0.29) is 36.2 Å². The minimum absolute atomic E-state index is 0.246. The van der Waals surface area contributed by atoms with E-state index in [4.69, 9.17) is 18.9 Å². The van der Waals surface area contributed by atoms with Crippen molar-refractivity contribution in [2.45, 2.75) is 24.3 Å². The molecule has 0 spiro atoms. The third-order valence-electron chi connectivity index (χ3n) is 6.35. The summed E-state index contributed by atoms with van der Waals surface area (Å²) in [4.78, 5) is 22.5. The summed E-state index contributed by atoms with van der Waals surface area (Å²) in [6.45, 7) is 3.70. The van der Waals surface area contributed by atoms with Gasteiger partial charge in [-0.1, -0.05) is 11.2 Å². The second-order valence-corrected chi connectivity index (χ2v) is 8.48. The van der Waals surface area contributed by atoms with Crippen LogP contribution in [0.15, 0.2) is 43.0 Å². The van der Waals surface area contributed by atoms with E-state index in [0.717, 1.165) is 18.8 Å². The second-order valence-electron chi connectivity index (χ2n) is 8.48. The van der Waals surface area contributed by atoms with E-state index in [9.17, 15) is 4.79 Å². The van der Waals surface area contributed by atoms with Crippen molar-refractivity contribution in [3.8, 4) is 11.8 Å². The van der Waals surface area contributed by atoms with Crippen LogP contribution in [0.5, 0.6) is 11.8 Å². The summed E-state index contributed by atoms with van der Waals surface area (Å²) in [5.41, 5.74) is 1.43. The molecule has 3 aliphatic rings. The molecule has 0 bridgehead atoms. The molecule has 3 fully saturated rings. The van der Waals surface area contributed by atoms with Gasteiger partial charge in [0.25, 0.3) is 5.91 Å². The molecule has 3 aliphatic heterocycles. The SMILES string of the molecule is O=C(N[C@H]1CO[C@H]2[C@@H]1OC[C@@H]2n1nnnc1Oc1cccc(N2CCOCC2)c1)c1cncnc1. The summed E-state index contributed by atoms with van der Waals surface area (Å²) < 4.78 is 25.1. The molecule has 0 unspecified atom stereocenters. The number of carbonyl (C=O) groups excluding carboxylic acids is 1. The normalized spacial score (nSPS) is 25.9. The van der Waals surface area contributed by atoms with Crippen molar-refractivity contribution in [1.82, 2.24) is 35.5 Å². The van der Waals surface area contributed by atoms with Crippen molar-refractivity contribution in [3.63, 3.8) is 0 Å². The van der Waals surface area contributed by atoms with Gasteiger partial charge in [-0.15, -0.1) is 0 Å². The van der Waals surface area contributed by atoms with E-state index in [1.807, 2.05) is 24.3 Å². The summed E-state index contributed by atoms with van der Waals surface area (Å²) in [7, 11) is 0. The van der Waals surface area contributed by atoms with Gasteiger partial charge in [-0.05, 0) is 22.6 Å². The Balaban J connectivity index is 1.14. The van der Waals surface area contributed by atoms with E-state index >= 15 is 0 Å². The van der Waals surface area contributed by atoms with Crippen molar-refractivity contribution in [2.24, 2.45) is 0 Å². The fraction of sp³-hybridized carbons (Fsp3) is 0.455. The van der Waals surface area contributed by atoms with Crippen LogP contribution < -0.4 is 15.0 Å². The summed E-state index contributed by atoms with van der Waals surface area (Å²) in [5.74, 6) is 0.349. The lowest BCUT2D eigenvalue weighted by Crippen LogP contribution is -2.44. The number of fused-ring (bicyclic) bond motifs is 1. The summed E-state index contributed by atoms with van der Waals surface area (Å²) in [6, 6.07) is 7.44. The van der Waals surface area contributed by atoms with Gasteiger partial charge in [0, 0.05) is 37.2 Å². The molecule has 3 aromatic rings. The average molecular weight is 480 g/mol. The standard InChI is InChI=1S/C22H24N8O5/c31-21(14-9-23-13-24-10-14)25-17-11-33-20-18(12-34-19(17)20)30-22(26-27-28-30)35-16-3-1-2-15(8-16)29-4-6-32-7-5-29/h1-3,8-10,13,17-20H,4-7,11-12H2,(H,25,31)/t17-,18-,19+,20+/m0/s1. The molecule has 13 heteroatoms. The highest BCUT2D eigenvalue weighted by atomic mass is 16.6. The Kier molecular flexibility index (Phi) is 5.94. The molecular formula is C22H24N8O5. The Hall–Kier alpha value is -3.68. The van der Waals surface area contributed by atoms with Gasteiger partial charge in [-0.3, -0.25) is 4.79 Å². The number of amides is 1. The van der Waals surface area contributed by atoms with E-state index in [0.29, 0.717) is 37.7 Å². The van der Waals surface area contributed by atoms with Gasteiger partial charge in [0.05, 0.1) is 38.0 Å². The Morgan fingerprint density at radius 2 is 1.91 bits per heavy atom. The lowest BCUT2D eigenvalue weighted by Gasteiger charge is -2.29. The number of aromatic nitrogens is 6. The number of anilines is 1. The topological polar surface area (TPSA) is 139 Å². The van der Waals surface area contributed by atoms with Gasteiger partial charge in [0.15, 0.2) is 0 Å². The van der Waals surface area contributed by atoms with Gasteiger partial charge < -0.3 is 29.2 Å². The number of rotatable bonds is 6. The van der Waals surface area contributed by atoms with Crippen LogP contribution in [0.25, 0.3) is 0 Å². The fourth-order valence-corrected chi connectivity index (χ4v) is 4.61. The molecule has 1 aromatic carbocycles. The first-order valence-corrected chi connectivity index (χ1v) is 11.4. The highest BCUT2D eigenvalue weighted by molar-refractivity contribution is 5.93. The molecule has 4 atom stereocenters. The zero-order chi connectivity index (χ0) is 23.6. The van der Waals surface area contributed by atoms with Gasteiger partial charge >= 0.3 is 6.01 Å². The van der Waals surface area contributed by atoms with Crippen LogP contribution in [-0.2, 0) is 14.2 Å². The van der Waals surface area contributed by atoms with Crippen LogP contribution in [0.1, 0.15) is 16.4 Å². The number of nitrogens with one attached hydrogen (secondary N) is 1. The van der Waals surface area contributed by atoms with E-state index < -0.39 is 0 Å². The Morgan fingerprint density at radius 3 is 2.77 bits per heavy atom. The highest BCUT2D eigenvalue weighted by Crippen LogP contribution is 2.36. The number of ether oxygens (including phenoxy) is 4. The van der Waals surface area contributed by atoms with Crippen LogP contribution in [-0.4, -0.2) is 93.8 Å². The van der Waals surface area contributed by atoms with E-state index in [1.165, 1.54) is 18.7 Å². The first-order valence-electron chi connectivity index (χ1n) is 11.4. The molecule has 182 valence electrons. The summed E-state index contributed by atoms with van der Waals surface area (Å²) >= 11 is 0. The van der Waals surface area contributed by atoms with Crippen LogP contribution in [0.4, 0.5) is 5.69 Å². The predicted octanol–water partition coefficient (Wildman–Crippen LogP) is 0.229. The number of tetrazole rings is 1. The fourth-order valence-electron chi connectivity index (χ4n) is 4.61. The smallest absolute Gasteiger partial charge is 0.341 e. The number of hydrogen-bond donors (Lipinski definition) is 1. The summed E-state index contributed by atoms with van der Waals surface area (Å²) in [6.07, 6.45) is 3.63. The zero-order valence-corrected chi connectivity index (χ0v) is 18.8. The molecule has 3 saturated heterocycles. The van der Waals surface area contributed by atoms with Crippen molar-refractivity contribution in [3.05, 3.63) is 48.5 Å². The van der Waals surface area contributed by atoms with Crippen molar-refractivity contribution in [1.29, 1.82) is 0 Å². The number of nitrogens with zero attached hydrogens (tertiary/aromatic N) is 7. The Labute approximate surface area is 200 Å². The lowest BCUT2D eigenvalue weighted by molar-refractivity contribution is 0.0606. The largest absolute Gasteiger partial charge is 0.423 e. The molecule has 2 aromatic heterocycles. The van der Waals surface area contributed by atoms with Gasteiger partial charge in [-0.2, -0.15) is 4.68 Å². The predicted molar refractivity (Wildman–Crippen MR) is 119 cm³/mol. The number of morpholine rings is 1. The highest BCUT2D eigenvalue weighted by Gasteiger charge is 2.50. The second kappa shape index (κ2) is 9.52. The zero-order valence-electron chi connectivity index (χ0n) is 18.8. The first kappa shape index (κ1) is 21.8. The minimum atomic E-state index is -0.338. The maximum absolute atomic E-state index is 12.5. The minimum Gasteiger partial charge on any atom is -0.423 e. The molecule has 0 saturated carbocycles. The van der Waals surface area contributed by atoms with Crippen LogP contribution in [0.3, 0.4) is 0 Å². The molecule has 5 heterocycles. The third-order valence-corrected chi connectivity index (χ3v) is 6.35. The first-order chi connectivity index (χ1) is 17.3. The summed E-state index contributed by atoms with van der Waals surface area (Å²) in [5, 5.41) is 15.0. The molecule has 0 radical (unpaired) electrons.